The highest BCUT2D eigenvalue weighted by atomic mass is 79.9. The lowest BCUT2D eigenvalue weighted by molar-refractivity contribution is -0.0165. The zero-order valence-electron chi connectivity index (χ0n) is 9.67. The summed E-state index contributed by atoms with van der Waals surface area (Å²) in [5.74, 6) is 0.922. The van der Waals surface area contributed by atoms with Crippen LogP contribution in [0.1, 0.15) is 36.8 Å². The molecular weight excluding hydrogens is 282 g/mol. The van der Waals surface area contributed by atoms with Crippen molar-refractivity contribution in [2.75, 3.05) is 6.79 Å². The zero-order valence-corrected chi connectivity index (χ0v) is 11.3. The maximum Gasteiger partial charge on any atom is 0.189 e. The van der Waals surface area contributed by atoms with E-state index in [2.05, 4.69) is 28.1 Å². The van der Waals surface area contributed by atoms with Crippen molar-refractivity contribution < 1.29 is 9.47 Å². The normalized spacial score (nSPS) is 22.0. The first-order valence-electron chi connectivity index (χ1n) is 6.01. The molecule has 1 fully saturated rings. The van der Waals surface area contributed by atoms with Crippen LogP contribution in [-0.2, 0) is 16.9 Å². The third kappa shape index (κ3) is 1.98. The molecule has 0 aromatic heterocycles. The maximum atomic E-state index is 6.50. The summed E-state index contributed by atoms with van der Waals surface area (Å²) in [5, 5.41) is 0. The number of hydrogen-bond acceptors (Lipinski definition) is 3. The molecule has 0 amide bonds. The van der Waals surface area contributed by atoms with Gasteiger partial charge in [0, 0.05) is 15.6 Å². The first-order valence-corrected chi connectivity index (χ1v) is 6.81. The minimum absolute atomic E-state index is 0.185. The van der Waals surface area contributed by atoms with Gasteiger partial charge in [0.05, 0.1) is 6.61 Å². The Hall–Kier alpha value is -0.580. The molecule has 1 aromatic carbocycles. The summed E-state index contributed by atoms with van der Waals surface area (Å²) in [6.07, 6.45) is 4.54. The van der Waals surface area contributed by atoms with E-state index in [0.717, 1.165) is 28.6 Å². The van der Waals surface area contributed by atoms with Gasteiger partial charge in [-0.15, -0.1) is 0 Å². The van der Waals surface area contributed by atoms with Gasteiger partial charge < -0.3 is 15.2 Å². The fourth-order valence-electron chi connectivity index (χ4n) is 2.76. The Balaban J connectivity index is 2.04. The van der Waals surface area contributed by atoms with Crippen LogP contribution in [0.2, 0.25) is 0 Å². The van der Waals surface area contributed by atoms with Gasteiger partial charge in [0.1, 0.15) is 5.75 Å². The quantitative estimate of drug-likeness (QED) is 0.866. The van der Waals surface area contributed by atoms with Crippen molar-refractivity contribution in [3.63, 3.8) is 0 Å². The lowest BCUT2D eigenvalue weighted by Crippen LogP contribution is -2.33. The molecule has 1 aromatic rings. The lowest BCUT2D eigenvalue weighted by Gasteiger charge is -2.28. The number of fused-ring (bicyclic) bond motifs is 1. The van der Waals surface area contributed by atoms with Crippen molar-refractivity contribution in [2.45, 2.75) is 37.8 Å². The van der Waals surface area contributed by atoms with E-state index in [1.165, 1.54) is 18.4 Å². The third-order valence-electron chi connectivity index (χ3n) is 3.74. The SMILES string of the molecule is NC1(c2cc3c(cc2Br)COCO3)CCCC1. The fraction of sp³-hybridized carbons (Fsp3) is 0.538. The highest BCUT2D eigenvalue weighted by Gasteiger charge is 2.34. The summed E-state index contributed by atoms with van der Waals surface area (Å²) < 4.78 is 11.9. The number of nitrogens with two attached hydrogens (primary N) is 1. The van der Waals surface area contributed by atoms with Gasteiger partial charge in [0.2, 0.25) is 0 Å². The summed E-state index contributed by atoms with van der Waals surface area (Å²) in [4.78, 5) is 0. The van der Waals surface area contributed by atoms with Crippen LogP contribution in [-0.4, -0.2) is 6.79 Å². The Kier molecular flexibility index (Phi) is 2.89. The molecule has 0 saturated heterocycles. The zero-order chi connectivity index (χ0) is 11.9. The summed E-state index contributed by atoms with van der Waals surface area (Å²) >= 11 is 3.63. The molecule has 1 saturated carbocycles. The summed E-state index contributed by atoms with van der Waals surface area (Å²) in [6, 6.07) is 4.17. The van der Waals surface area contributed by atoms with Gasteiger partial charge in [-0.3, -0.25) is 0 Å². The van der Waals surface area contributed by atoms with Crippen molar-refractivity contribution in [1.82, 2.24) is 0 Å². The Morgan fingerprint density at radius 3 is 2.76 bits per heavy atom. The number of rotatable bonds is 1. The largest absolute Gasteiger partial charge is 0.467 e. The van der Waals surface area contributed by atoms with E-state index < -0.39 is 0 Å². The van der Waals surface area contributed by atoms with Crippen molar-refractivity contribution in [3.8, 4) is 5.75 Å². The molecule has 2 N–H and O–H groups in total. The fourth-order valence-corrected chi connectivity index (χ4v) is 3.54. The molecule has 0 spiro atoms. The Labute approximate surface area is 109 Å². The van der Waals surface area contributed by atoms with Crippen LogP contribution in [0, 0.1) is 0 Å². The molecule has 0 atom stereocenters. The molecule has 1 heterocycles. The van der Waals surface area contributed by atoms with E-state index in [1.807, 2.05) is 0 Å². The third-order valence-corrected chi connectivity index (χ3v) is 4.39. The van der Waals surface area contributed by atoms with Crippen molar-refractivity contribution >= 4 is 15.9 Å². The number of hydrogen-bond donors (Lipinski definition) is 1. The van der Waals surface area contributed by atoms with Crippen molar-refractivity contribution in [1.29, 1.82) is 0 Å². The molecule has 0 bridgehead atoms. The standard InChI is InChI=1S/C13H16BrNO2/c14-11-5-9-7-16-8-17-12(9)6-10(11)13(15)3-1-2-4-13/h5-6H,1-4,7-8,15H2. The number of halogens is 1. The minimum Gasteiger partial charge on any atom is -0.467 e. The van der Waals surface area contributed by atoms with E-state index >= 15 is 0 Å². The van der Waals surface area contributed by atoms with Gasteiger partial charge in [0.15, 0.2) is 6.79 Å². The van der Waals surface area contributed by atoms with Gasteiger partial charge in [-0.05, 0) is 30.5 Å². The Morgan fingerprint density at radius 1 is 1.24 bits per heavy atom. The van der Waals surface area contributed by atoms with Gasteiger partial charge in [-0.1, -0.05) is 28.8 Å². The predicted octanol–water partition coefficient (Wildman–Crippen LogP) is 3.04. The first-order chi connectivity index (χ1) is 8.19. The van der Waals surface area contributed by atoms with E-state index in [-0.39, 0.29) is 5.54 Å². The summed E-state index contributed by atoms with van der Waals surface area (Å²) in [7, 11) is 0. The second kappa shape index (κ2) is 4.26. The molecule has 0 radical (unpaired) electrons. The number of ether oxygens (including phenoxy) is 2. The molecule has 1 aliphatic heterocycles. The van der Waals surface area contributed by atoms with E-state index in [0.29, 0.717) is 13.4 Å². The summed E-state index contributed by atoms with van der Waals surface area (Å²) in [5.41, 5.74) is 8.58. The van der Waals surface area contributed by atoms with E-state index in [4.69, 9.17) is 15.2 Å². The van der Waals surface area contributed by atoms with E-state index in [9.17, 15) is 0 Å². The van der Waals surface area contributed by atoms with Crippen LogP contribution in [0.15, 0.2) is 16.6 Å². The van der Waals surface area contributed by atoms with Crippen LogP contribution < -0.4 is 10.5 Å². The Morgan fingerprint density at radius 2 is 2.00 bits per heavy atom. The lowest BCUT2D eigenvalue weighted by atomic mass is 9.88. The molecular formula is C13H16BrNO2. The molecule has 17 heavy (non-hydrogen) atoms. The minimum atomic E-state index is -0.185. The average molecular weight is 298 g/mol. The van der Waals surface area contributed by atoms with E-state index in [1.54, 1.807) is 0 Å². The van der Waals surface area contributed by atoms with Crippen LogP contribution in [0.5, 0.6) is 5.75 Å². The van der Waals surface area contributed by atoms with Gasteiger partial charge in [-0.25, -0.2) is 0 Å². The van der Waals surface area contributed by atoms with Crippen LogP contribution in [0.4, 0.5) is 0 Å². The van der Waals surface area contributed by atoms with Crippen LogP contribution >= 0.6 is 15.9 Å². The number of benzene rings is 1. The smallest absolute Gasteiger partial charge is 0.189 e. The predicted molar refractivity (Wildman–Crippen MR) is 68.8 cm³/mol. The average Bonchev–Trinajstić information content (AvgIpc) is 2.76. The molecule has 4 heteroatoms. The summed E-state index contributed by atoms with van der Waals surface area (Å²) in [6.45, 7) is 0.956. The molecule has 3 rings (SSSR count). The molecule has 3 nitrogen and oxygen atoms in total. The van der Waals surface area contributed by atoms with Crippen molar-refractivity contribution in [3.05, 3.63) is 27.7 Å². The van der Waals surface area contributed by atoms with Crippen molar-refractivity contribution in [2.24, 2.45) is 5.73 Å². The highest BCUT2D eigenvalue weighted by Crippen LogP contribution is 2.42. The first kappa shape index (κ1) is 11.5. The van der Waals surface area contributed by atoms with Gasteiger partial charge >= 0.3 is 0 Å². The van der Waals surface area contributed by atoms with Crippen LogP contribution in [0.25, 0.3) is 0 Å². The van der Waals surface area contributed by atoms with Gasteiger partial charge in [0.25, 0.3) is 0 Å². The topological polar surface area (TPSA) is 44.5 Å². The molecule has 2 aliphatic rings. The maximum absolute atomic E-state index is 6.50. The van der Waals surface area contributed by atoms with Crippen LogP contribution in [0.3, 0.4) is 0 Å². The second-order valence-corrected chi connectivity index (χ2v) is 5.77. The Bertz CT molecular complexity index is 441. The highest BCUT2D eigenvalue weighted by molar-refractivity contribution is 9.10. The molecule has 1 aliphatic carbocycles. The monoisotopic (exact) mass is 297 g/mol. The molecule has 0 unspecified atom stereocenters. The second-order valence-electron chi connectivity index (χ2n) is 4.91. The van der Waals surface area contributed by atoms with Gasteiger partial charge in [-0.2, -0.15) is 0 Å². The molecule has 92 valence electrons.